The first-order valence-electron chi connectivity index (χ1n) is 8.56. The molecule has 2 aliphatic rings. The zero-order valence-electron chi connectivity index (χ0n) is 13.5. The molecule has 0 radical (unpaired) electrons. The molecule has 22 heavy (non-hydrogen) atoms. The number of amides is 2. The number of hydrogen-bond donors (Lipinski definition) is 2. The first kappa shape index (κ1) is 15.3. The van der Waals surface area contributed by atoms with E-state index in [1.54, 1.807) is 0 Å². The normalized spacial score (nSPS) is 22.9. The quantitative estimate of drug-likeness (QED) is 0.895. The third-order valence-electron chi connectivity index (χ3n) is 4.99. The number of hydrogen-bond acceptors (Lipinski definition) is 2. The zero-order chi connectivity index (χ0) is 15.4. The molecular formula is C18H27N3O. The molecule has 2 amide bonds. The van der Waals surface area contributed by atoms with Crippen LogP contribution in [0, 0.1) is 12.8 Å². The maximum Gasteiger partial charge on any atom is 0.319 e. The molecule has 1 aromatic carbocycles. The molecule has 1 heterocycles. The number of benzene rings is 1. The fourth-order valence-electron chi connectivity index (χ4n) is 3.77. The minimum atomic E-state index is -0.0927. The van der Waals surface area contributed by atoms with E-state index in [1.165, 1.54) is 38.6 Å². The Balaban J connectivity index is 1.40. The molecule has 1 aliphatic heterocycles. The summed E-state index contributed by atoms with van der Waals surface area (Å²) in [6.45, 7) is 5.16. The van der Waals surface area contributed by atoms with Gasteiger partial charge in [0.1, 0.15) is 0 Å². The summed E-state index contributed by atoms with van der Waals surface area (Å²) in [5.74, 6) is 0.601. The molecule has 2 fully saturated rings. The van der Waals surface area contributed by atoms with Crippen molar-refractivity contribution in [1.82, 2.24) is 10.2 Å². The van der Waals surface area contributed by atoms with Gasteiger partial charge in [0.2, 0.25) is 0 Å². The Morgan fingerprint density at radius 2 is 2.09 bits per heavy atom. The van der Waals surface area contributed by atoms with E-state index in [-0.39, 0.29) is 6.03 Å². The van der Waals surface area contributed by atoms with Gasteiger partial charge in [-0.15, -0.1) is 0 Å². The minimum Gasteiger partial charge on any atom is -0.338 e. The monoisotopic (exact) mass is 301 g/mol. The van der Waals surface area contributed by atoms with Crippen LogP contribution < -0.4 is 10.6 Å². The highest BCUT2D eigenvalue weighted by Gasteiger charge is 2.29. The lowest BCUT2D eigenvalue weighted by atomic mass is 10.1. The summed E-state index contributed by atoms with van der Waals surface area (Å²) in [5.41, 5.74) is 2.01. The summed E-state index contributed by atoms with van der Waals surface area (Å²) in [4.78, 5) is 14.6. The highest BCUT2D eigenvalue weighted by molar-refractivity contribution is 5.89. The van der Waals surface area contributed by atoms with E-state index in [0.717, 1.165) is 30.4 Å². The zero-order valence-corrected chi connectivity index (χ0v) is 13.5. The van der Waals surface area contributed by atoms with Crippen molar-refractivity contribution < 1.29 is 4.79 Å². The van der Waals surface area contributed by atoms with Gasteiger partial charge in [-0.2, -0.15) is 0 Å². The molecule has 4 nitrogen and oxygen atoms in total. The van der Waals surface area contributed by atoms with Crippen LogP contribution in [0.15, 0.2) is 24.3 Å². The van der Waals surface area contributed by atoms with Gasteiger partial charge in [0.15, 0.2) is 0 Å². The molecule has 0 aromatic heterocycles. The molecule has 3 rings (SSSR count). The summed E-state index contributed by atoms with van der Waals surface area (Å²) in [6, 6.07) is 8.61. The van der Waals surface area contributed by atoms with Crippen molar-refractivity contribution in [1.29, 1.82) is 0 Å². The van der Waals surface area contributed by atoms with Gasteiger partial charge in [-0.3, -0.25) is 0 Å². The van der Waals surface area contributed by atoms with Crippen LogP contribution in [0.3, 0.4) is 0 Å². The van der Waals surface area contributed by atoms with Crippen molar-refractivity contribution in [3.63, 3.8) is 0 Å². The van der Waals surface area contributed by atoms with Gasteiger partial charge < -0.3 is 15.5 Å². The molecular weight excluding hydrogens is 274 g/mol. The van der Waals surface area contributed by atoms with Crippen LogP contribution in [0.5, 0.6) is 0 Å². The van der Waals surface area contributed by atoms with E-state index in [2.05, 4.69) is 15.5 Å². The standard InChI is InChI=1S/C18H27N3O/c1-14-5-4-6-16(11-14)20-18(22)19-12-15-9-10-21(13-15)17-7-2-3-8-17/h4-6,11,15,17H,2-3,7-10,12-13H2,1H3,(H2,19,20,22)/t15-/m0/s1. The third kappa shape index (κ3) is 4.01. The smallest absolute Gasteiger partial charge is 0.319 e. The first-order chi connectivity index (χ1) is 10.7. The van der Waals surface area contributed by atoms with E-state index in [4.69, 9.17) is 0 Å². The van der Waals surface area contributed by atoms with Crippen molar-refractivity contribution in [2.45, 2.75) is 45.1 Å². The van der Waals surface area contributed by atoms with Gasteiger partial charge in [-0.05, 0) is 56.3 Å². The number of urea groups is 1. The Morgan fingerprint density at radius 1 is 1.27 bits per heavy atom. The maximum absolute atomic E-state index is 12.0. The molecule has 1 aliphatic carbocycles. The second-order valence-electron chi connectivity index (χ2n) is 6.79. The number of carbonyl (C=O) groups excluding carboxylic acids is 1. The molecule has 1 aromatic rings. The van der Waals surface area contributed by atoms with Gasteiger partial charge in [0.05, 0.1) is 0 Å². The Morgan fingerprint density at radius 3 is 2.86 bits per heavy atom. The van der Waals surface area contributed by atoms with Crippen molar-refractivity contribution in [3.05, 3.63) is 29.8 Å². The lowest BCUT2D eigenvalue weighted by Crippen LogP contribution is -2.35. The van der Waals surface area contributed by atoms with E-state index in [9.17, 15) is 4.79 Å². The Labute approximate surface area is 133 Å². The number of likely N-dealkylation sites (tertiary alicyclic amines) is 1. The summed E-state index contributed by atoms with van der Waals surface area (Å²) in [5, 5.41) is 5.94. The first-order valence-corrected chi connectivity index (χ1v) is 8.56. The molecule has 0 bridgehead atoms. The fourth-order valence-corrected chi connectivity index (χ4v) is 3.77. The fraction of sp³-hybridized carbons (Fsp3) is 0.611. The lowest BCUT2D eigenvalue weighted by Gasteiger charge is -2.23. The second kappa shape index (κ2) is 7.14. The van der Waals surface area contributed by atoms with Gasteiger partial charge in [0.25, 0.3) is 0 Å². The Bertz CT molecular complexity index is 511. The lowest BCUT2D eigenvalue weighted by molar-refractivity contribution is 0.234. The topological polar surface area (TPSA) is 44.4 Å². The average molecular weight is 301 g/mol. The second-order valence-corrected chi connectivity index (χ2v) is 6.79. The Hall–Kier alpha value is -1.55. The van der Waals surface area contributed by atoms with Crippen molar-refractivity contribution in [2.75, 3.05) is 25.0 Å². The van der Waals surface area contributed by atoms with Gasteiger partial charge in [-0.1, -0.05) is 25.0 Å². The minimum absolute atomic E-state index is 0.0927. The SMILES string of the molecule is Cc1cccc(NC(=O)NC[C@@H]2CCN(C3CCCC3)C2)c1. The molecule has 1 saturated carbocycles. The molecule has 2 N–H and O–H groups in total. The van der Waals surface area contributed by atoms with Crippen LogP contribution >= 0.6 is 0 Å². The number of nitrogens with zero attached hydrogens (tertiary/aromatic N) is 1. The van der Waals surface area contributed by atoms with Crippen LogP contribution in [0.25, 0.3) is 0 Å². The summed E-state index contributed by atoms with van der Waals surface area (Å²) in [7, 11) is 0. The molecule has 1 saturated heterocycles. The van der Waals surface area contributed by atoms with Crippen LogP contribution in [-0.4, -0.2) is 36.6 Å². The van der Waals surface area contributed by atoms with Crippen LogP contribution in [0.2, 0.25) is 0 Å². The number of aryl methyl sites for hydroxylation is 1. The summed E-state index contributed by atoms with van der Waals surface area (Å²) < 4.78 is 0. The van der Waals surface area contributed by atoms with Crippen molar-refractivity contribution in [2.24, 2.45) is 5.92 Å². The number of carbonyl (C=O) groups is 1. The van der Waals surface area contributed by atoms with Crippen molar-refractivity contribution in [3.8, 4) is 0 Å². The highest BCUT2D eigenvalue weighted by atomic mass is 16.2. The number of nitrogens with one attached hydrogen (secondary N) is 2. The van der Waals surface area contributed by atoms with E-state index >= 15 is 0 Å². The largest absolute Gasteiger partial charge is 0.338 e. The van der Waals surface area contributed by atoms with Crippen LogP contribution in [0.1, 0.15) is 37.7 Å². The molecule has 4 heteroatoms. The molecule has 1 atom stereocenters. The third-order valence-corrected chi connectivity index (χ3v) is 4.99. The Kier molecular flexibility index (Phi) is 4.98. The van der Waals surface area contributed by atoms with Gasteiger partial charge in [0, 0.05) is 24.8 Å². The predicted molar refractivity (Wildman–Crippen MR) is 90.1 cm³/mol. The van der Waals surface area contributed by atoms with Crippen LogP contribution in [0.4, 0.5) is 10.5 Å². The summed E-state index contributed by atoms with van der Waals surface area (Å²) in [6.07, 6.45) is 6.73. The summed E-state index contributed by atoms with van der Waals surface area (Å²) >= 11 is 0. The molecule has 0 unspecified atom stereocenters. The molecule has 120 valence electrons. The van der Waals surface area contributed by atoms with E-state index < -0.39 is 0 Å². The van der Waals surface area contributed by atoms with Crippen LogP contribution in [-0.2, 0) is 0 Å². The van der Waals surface area contributed by atoms with E-state index in [1.807, 2.05) is 31.2 Å². The van der Waals surface area contributed by atoms with Gasteiger partial charge >= 0.3 is 6.03 Å². The predicted octanol–water partition coefficient (Wildman–Crippen LogP) is 3.38. The van der Waals surface area contributed by atoms with Crippen molar-refractivity contribution >= 4 is 11.7 Å². The average Bonchev–Trinajstić information content (AvgIpc) is 3.16. The van der Waals surface area contributed by atoms with E-state index in [0.29, 0.717) is 5.92 Å². The molecule has 0 spiro atoms. The number of rotatable bonds is 4. The highest BCUT2D eigenvalue weighted by Crippen LogP contribution is 2.28. The van der Waals surface area contributed by atoms with Gasteiger partial charge in [-0.25, -0.2) is 4.79 Å². The number of anilines is 1. The maximum atomic E-state index is 12.0.